The minimum atomic E-state index is -0.517. The number of phenols is 1. The highest BCUT2D eigenvalue weighted by atomic mass is 16.5. The number of para-hydroxylation sites is 1. The lowest BCUT2D eigenvalue weighted by atomic mass is 10.1. The molecular weight excluding hydrogens is 320 g/mol. The monoisotopic (exact) mass is 340 g/mol. The molecule has 0 unspecified atom stereocenters. The van der Waals surface area contributed by atoms with Crippen LogP contribution in [0, 0.1) is 0 Å². The van der Waals surface area contributed by atoms with E-state index in [1.807, 2.05) is 31.2 Å². The van der Waals surface area contributed by atoms with Crippen molar-refractivity contribution in [2.75, 3.05) is 13.7 Å². The molecule has 7 nitrogen and oxygen atoms in total. The van der Waals surface area contributed by atoms with Gasteiger partial charge in [0.1, 0.15) is 11.6 Å². The van der Waals surface area contributed by atoms with Crippen molar-refractivity contribution >= 4 is 0 Å². The molecule has 7 heteroatoms. The maximum atomic E-state index is 9.92. The number of aromatic nitrogens is 3. The van der Waals surface area contributed by atoms with Gasteiger partial charge in [0.25, 0.3) is 0 Å². The molecule has 1 heterocycles. The van der Waals surface area contributed by atoms with Gasteiger partial charge in [0.05, 0.1) is 25.3 Å². The van der Waals surface area contributed by atoms with E-state index in [0.29, 0.717) is 35.3 Å². The molecule has 2 aromatic carbocycles. The van der Waals surface area contributed by atoms with E-state index in [9.17, 15) is 5.11 Å². The molecule has 25 heavy (non-hydrogen) atoms. The maximum absolute atomic E-state index is 9.92. The minimum absolute atomic E-state index is 0.115. The van der Waals surface area contributed by atoms with Crippen LogP contribution in [0.2, 0.25) is 0 Å². The molecule has 0 radical (unpaired) electrons. The Bertz CT molecular complexity index is 863. The van der Waals surface area contributed by atoms with E-state index in [0.717, 1.165) is 5.56 Å². The Morgan fingerprint density at radius 2 is 2.00 bits per heavy atom. The Hall–Kier alpha value is -3.06. The molecule has 0 saturated heterocycles. The van der Waals surface area contributed by atoms with E-state index in [4.69, 9.17) is 15.2 Å². The highest BCUT2D eigenvalue weighted by Crippen LogP contribution is 2.32. The second-order valence-corrected chi connectivity index (χ2v) is 5.38. The SMILES string of the molecule is CCOc1ccc([C@H](N)c2nc(-c3ccccc3O)n[nH]2)cc1OC. The van der Waals surface area contributed by atoms with Gasteiger partial charge in [-0.05, 0) is 36.8 Å². The van der Waals surface area contributed by atoms with Crippen LogP contribution in [0.4, 0.5) is 0 Å². The summed E-state index contributed by atoms with van der Waals surface area (Å²) in [6.07, 6.45) is 0. The van der Waals surface area contributed by atoms with Crippen molar-refractivity contribution in [2.45, 2.75) is 13.0 Å². The predicted molar refractivity (Wildman–Crippen MR) is 93.7 cm³/mol. The van der Waals surface area contributed by atoms with Crippen LogP contribution >= 0.6 is 0 Å². The van der Waals surface area contributed by atoms with Crippen molar-refractivity contribution in [2.24, 2.45) is 5.73 Å². The number of aromatic hydroxyl groups is 1. The molecule has 0 aliphatic heterocycles. The number of benzene rings is 2. The van der Waals surface area contributed by atoms with Gasteiger partial charge in [-0.25, -0.2) is 4.98 Å². The van der Waals surface area contributed by atoms with Gasteiger partial charge < -0.3 is 20.3 Å². The number of nitrogens with one attached hydrogen (secondary N) is 1. The van der Waals surface area contributed by atoms with Crippen LogP contribution in [-0.2, 0) is 0 Å². The first-order valence-corrected chi connectivity index (χ1v) is 7.91. The molecule has 1 aromatic heterocycles. The molecule has 3 aromatic rings. The summed E-state index contributed by atoms with van der Waals surface area (Å²) < 4.78 is 10.9. The summed E-state index contributed by atoms with van der Waals surface area (Å²) in [6, 6.07) is 11.9. The van der Waals surface area contributed by atoms with E-state index in [1.165, 1.54) is 0 Å². The zero-order chi connectivity index (χ0) is 17.8. The van der Waals surface area contributed by atoms with Gasteiger partial charge in [0, 0.05) is 0 Å². The number of nitrogens with two attached hydrogens (primary N) is 1. The molecule has 0 aliphatic carbocycles. The van der Waals surface area contributed by atoms with E-state index in [1.54, 1.807) is 25.3 Å². The lowest BCUT2D eigenvalue weighted by Crippen LogP contribution is -2.14. The number of rotatable bonds is 6. The molecule has 0 aliphatic rings. The summed E-state index contributed by atoms with van der Waals surface area (Å²) in [5.41, 5.74) is 7.65. The molecule has 1 atom stereocenters. The zero-order valence-electron chi connectivity index (χ0n) is 14.1. The van der Waals surface area contributed by atoms with Crippen LogP contribution in [0.15, 0.2) is 42.5 Å². The molecule has 0 saturated carbocycles. The number of aromatic amines is 1. The standard InChI is InChI=1S/C18H20N4O3/c1-3-25-14-9-8-11(10-15(14)24-2)16(19)18-20-17(21-22-18)12-6-4-5-7-13(12)23/h4-10,16,23H,3,19H2,1-2H3,(H,20,21,22)/t16-/m0/s1. The van der Waals surface area contributed by atoms with Gasteiger partial charge in [-0.15, -0.1) is 0 Å². The van der Waals surface area contributed by atoms with Gasteiger partial charge >= 0.3 is 0 Å². The van der Waals surface area contributed by atoms with Crippen LogP contribution in [0.5, 0.6) is 17.2 Å². The molecule has 3 rings (SSSR count). The Balaban J connectivity index is 1.89. The van der Waals surface area contributed by atoms with Crippen LogP contribution in [-0.4, -0.2) is 34.0 Å². The smallest absolute Gasteiger partial charge is 0.184 e. The Morgan fingerprint density at radius 3 is 2.72 bits per heavy atom. The lowest BCUT2D eigenvalue weighted by molar-refractivity contribution is 0.310. The Morgan fingerprint density at radius 1 is 1.20 bits per heavy atom. The number of hydrogen-bond acceptors (Lipinski definition) is 6. The van der Waals surface area contributed by atoms with E-state index < -0.39 is 6.04 Å². The van der Waals surface area contributed by atoms with Crippen molar-refractivity contribution in [3.8, 4) is 28.6 Å². The summed E-state index contributed by atoms with van der Waals surface area (Å²) in [4.78, 5) is 4.41. The number of hydrogen-bond donors (Lipinski definition) is 3. The molecule has 0 bridgehead atoms. The van der Waals surface area contributed by atoms with Crippen molar-refractivity contribution < 1.29 is 14.6 Å². The van der Waals surface area contributed by atoms with Crippen LogP contribution in [0.25, 0.3) is 11.4 Å². The number of phenolic OH excluding ortho intramolecular Hbond substituents is 1. The quantitative estimate of drug-likeness (QED) is 0.637. The van der Waals surface area contributed by atoms with Gasteiger partial charge in [-0.1, -0.05) is 18.2 Å². The largest absolute Gasteiger partial charge is 0.507 e. The third kappa shape index (κ3) is 3.41. The van der Waals surface area contributed by atoms with E-state index in [2.05, 4.69) is 15.2 Å². The third-order valence-electron chi connectivity index (χ3n) is 3.79. The second kappa shape index (κ2) is 7.23. The van der Waals surface area contributed by atoms with Crippen LogP contribution < -0.4 is 15.2 Å². The molecule has 4 N–H and O–H groups in total. The fraction of sp³-hybridized carbons (Fsp3) is 0.222. The van der Waals surface area contributed by atoms with E-state index in [-0.39, 0.29) is 5.75 Å². The van der Waals surface area contributed by atoms with Crippen molar-refractivity contribution in [3.63, 3.8) is 0 Å². The number of ether oxygens (including phenoxy) is 2. The van der Waals surface area contributed by atoms with Crippen molar-refractivity contribution in [3.05, 3.63) is 53.9 Å². The number of nitrogens with zero attached hydrogens (tertiary/aromatic N) is 2. The molecular formula is C18H20N4O3. The predicted octanol–water partition coefficient (Wildman–Crippen LogP) is 2.63. The first kappa shape index (κ1) is 16.8. The van der Waals surface area contributed by atoms with Crippen molar-refractivity contribution in [1.29, 1.82) is 0 Å². The van der Waals surface area contributed by atoms with Gasteiger partial charge in [0.15, 0.2) is 17.3 Å². The van der Waals surface area contributed by atoms with Crippen LogP contribution in [0.1, 0.15) is 24.4 Å². The first-order chi connectivity index (χ1) is 12.1. The van der Waals surface area contributed by atoms with Gasteiger partial charge in [-0.2, -0.15) is 5.10 Å². The van der Waals surface area contributed by atoms with Crippen LogP contribution in [0.3, 0.4) is 0 Å². The second-order valence-electron chi connectivity index (χ2n) is 5.38. The first-order valence-electron chi connectivity index (χ1n) is 7.91. The fourth-order valence-corrected chi connectivity index (χ4v) is 2.51. The normalized spacial score (nSPS) is 12.0. The Kier molecular flexibility index (Phi) is 4.85. The highest BCUT2D eigenvalue weighted by Gasteiger charge is 2.18. The molecule has 0 spiro atoms. The topological polar surface area (TPSA) is 106 Å². The highest BCUT2D eigenvalue weighted by molar-refractivity contribution is 5.63. The molecule has 0 fully saturated rings. The average molecular weight is 340 g/mol. The van der Waals surface area contributed by atoms with Gasteiger partial charge in [0.2, 0.25) is 0 Å². The fourth-order valence-electron chi connectivity index (χ4n) is 2.51. The summed E-state index contributed by atoms with van der Waals surface area (Å²) in [7, 11) is 1.58. The van der Waals surface area contributed by atoms with E-state index >= 15 is 0 Å². The zero-order valence-corrected chi connectivity index (χ0v) is 14.1. The summed E-state index contributed by atoms with van der Waals surface area (Å²) in [5, 5.41) is 16.9. The maximum Gasteiger partial charge on any atom is 0.184 e. The third-order valence-corrected chi connectivity index (χ3v) is 3.79. The average Bonchev–Trinajstić information content (AvgIpc) is 3.12. The Labute approximate surface area is 145 Å². The summed E-state index contributed by atoms with van der Waals surface area (Å²) in [5.74, 6) is 2.26. The van der Waals surface area contributed by atoms with Gasteiger partial charge in [-0.3, -0.25) is 5.10 Å². The van der Waals surface area contributed by atoms with Crippen molar-refractivity contribution in [1.82, 2.24) is 15.2 Å². The summed E-state index contributed by atoms with van der Waals surface area (Å²) >= 11 is 0. The lowest BCUT2D eigenvalue weighted by Gasteiger charge is -2.13. The number of methoxy groups -OCH3 is 1. The minimum Gasteiger partial charge on any atom is -0.507 e. The molecule has 0 amide bonds. The number of H-pyrrole nitrogens is 1. The summed E-state index contributed by atoms with van der Waals surface area (Å²) in [6.45, 7) is 2.46. The molecule has 130 valence electrons.